The fraction of sp³-hybridized carbons (Fsp3) is 0.133. The lowest BCUT2D eigenvalue weighted by Gasteiger charge is -2.12. The molecule has 20 heavy (non-hydrogen) atoms. The van der Waals surface area contributed by atoms with Gasteiger partial charge in [0.1, 0.15) is 10.4 Å². The molecule has 0 saturated carbocycles. The second kappa shape index (κ2) is 4.83. The lowest BCUT2D eigenvalue weighted by molar-refractivity contribution is 1.13. The summed E-state index contributed by atoms with van der Waals surface area (Å²) in [6, 6.07) is 12.1. The van der Waals surface area contributed by atoms with Crippen molar-refractivity contribution in [2.24, 2.45) is 0 Å². The second-order valence-corrected chi connectivity index (χ2v) is 5.63. The lowest BCUT2D eigenvalue weighted by atomic mass is 10.2. The number of hydrogen-bond donors (Lipinski definition) is 1. The van der Waals surface area contributed by atoms with Gasteiger partial charge in [-0.25, -0.2) is 4.98 Å². The maximum atomic E-state index is 5.83. The van der Waals surface area contributed by atoms with Crippen LogP contribution in [0.1, 0.15) is 0 Å². The Morgan fingerprint density at radius 3 is 2.50 bits per heavy atom. The number of hydrogen-bond acceptors (Lipinski definition) is 3. The first-order chi connectivity index (χ1) is 9.56. The molecular formula is C15H15BrN4. The molecule has 0 fully saturated rings. The van der Waals surface area contributed by atoms with E-state index in [0.29, 0.717) is 0 Å². The quantitative estimate of drug-likeness (QED) is 0.783. The Morgan fingerprint density at radius 2 is 1.85 bits per heavy atom. The van der Waals surface area contributed by atoms with Crippen LogP contribution < -0.4 is 10.6 Å². The third-order valence-corrected chi connectivity index (χ3v) is 3.85. The van der Waals surface area contributed by atoms with Crippen LogP contribution >= 0.6 is 15.9 Å². The zero-order valence-corrected chi connectivity index (χ0v) is 12.9. The van der Waals surface area contributed by atoms with Crippen LogP contribution in [0.15, 0.2) is 47.2 Å². The van der Waals surface area contributed by atoms with Gasteiger partial charge in [-0.15, -0.1) is 0 Å². The number of halogens is 1. The van der Waals surface area contributed by atoms with Crippen molar-refractivity contribution in [2.45, 2.75) is 0 Å². The van der Waals surface area contributed by atoms with Gasteiger partial charge in [0.2, 0.25) is 0 Å². The molecule has 0 spiro atoms. The Labute approximate surface area is 126 Å². The highest BCUT2D eigenvalue weighted by Gasteiger charge is 2.11. The van der Waals surface area contributed by atoms with E-state index in [1.807, 2.05) is 36.8 Å². The van der Waals surface area contributed by atoms with Gasteiger partial charge in [0.25, 0.3) is 0 Å². The van der Waals surface area contributed by atoms with Crippen LogP contribution in [-0.2, 0) is 0 Å². The average molecular weight is 331 g/mol. The number of rotatable bonds is 2. The first kappa shape index (κ1) is 13.0. The summed E-state index contributed by atoms with van der Waals surface area (Å²) >= 11 is 3.49. The van der Waals surface area contributed by atoms with Gasteiger partial charge in [0, 0.05) is 37.2 Å². The SMILES string of the molecule is CN(C)c1ccc(-c2nc(Br)c3cc(N)ccn23)cc1. The van der Waals surface area contributed by atoms with Crippen molar-refractivity contribution < 1.29 is 0 Å². The molecule has 0 atom stereocenters. The fourth-order valence-corrected chi connectivity index (χ4v) is 2.65. The Balaban J connectivity index is 2.14. The number of pyridine rings is 1. The summed E-state index contributed by atoms with van der Waals surface area (Å²) < 4.78 is 2.84. The molecule has 0 aliphatic rings. The van der Waals surface area contributed by atoms with Gasteiger partial charge in [-0.3, -0.25) is 4.40 Å². The molecule has 1 aromatic carbocycles. The Hall–Kier alpha value is -2.01. The summed E-state index contributed by atoms with van der Waals surface area (Å²) in [5.74, 6) is 0.900. The molecule has 4 nitrogen and oxygen atoms in total. The number of imidazole rings is 1. The van der Waals surface area contributed by atoms with E-state index >= 15 is 0 Å². The third kappa shape index (κ3) is 2.14. The molecule has 5 heteroatoms. The largest absolute Gasteiger partial charge is 0.399 e. The molecule has 2 N–H and O–H groups in total. The number of nitrogens with two attached hydrogens (primary N) is 1. The Kier molecular flexibility index (Phi) is 3.14. The molecule has 0 aliphatic carbocycles. The van der Waals surface area contributed by atoms with Crippen LogP contribution in [0, 0.1) is 0 Å². The number of anilines is 2. The molecule has 3 rings (SSSR count). The van der Waals surface area contributed by atoms with Crippen molar-refractivity contribution in [1.82, 2.24) is 9.38 Å². The third-order valence-electron chi connectivity index (χ3n) is 3.26. The molecule has 0 radical (unpaired) electrons. The molecule has 0 bridgehead atoms. The molecule has 0 saturated heterocycles. The maximum absolute atomic E-state index is 5.83. The zero-order chi connectivity index (χ0) is 14.3. The van der Waals surface area contributed by atoms with Gasteiger partial charge in [-0.1, -0.05) is 0 Å². The van der Waals surface area contributed by atoms with Gasteiger partial charge >= 0.3 is 0 Å². The fourth-order valence-electron chi connectivity index (χ4n) is 2.18. The van der Waals surface area contributed by atoms with E-state index < -0.39 is 0 Å². The summed E-state index contributed by atoms with van der Waals surface area (Å²) in [4.78, 5) is 6.66. The Morgan fingerprint density at radius 1 is 1.15 bits per heavy atom. The summed E-state index contributed by atoms with van der Waals surface area (Å²) in [5, 5.41) is 0. The van der Waals surface area contributed by atoms with Crippen LogP contribution in [0.2, 0.25) is 0 Å². The van der Waals surface area contributed by atoms with Gasteiger partial charge in [-0.2, -0.15) is 0 Å². The summed E-state index contributed by atoms with van der Waals surface area (Å²) in [5.41, 5.74) is 9.76. The van der Waals surface area contributed by atoms with Crippen molar-refractivity contribution in [3.63, 3.8) is 0 Å². The topological polar surface area (TPSA) is 46.6 Å². The van der Waals surface area contributed by atoms with E-state index in [4.69, 9.17) is 5.73 Å². The highest BCUT2D eigenvalue weighted by molar-refractivity contribution is 9.10. The first-order valence-corrected chi connectivity index (χ1v) is 7.06. The minimum Gasteiger partial charge on any atom is -0.399 e. The highest BCUT2D eigenvalue weighted by atomic mass is 79.9. The summed E-state index contributed by atoms with van der Waals surface area (Å²) in [7, 11) is 4.05. The highest BCUT2D eigenvalue weighted by Crippen LogP contribution is 2.28. The summed E-state index contributed by atoms with van der Waals surface area (Å²) in [6.45, 7) is 0. The van der Waals surface area contributed by atoms with E-state index in [9.17, 15) is 0 Å². The van der Waals surface area contributed by atoms with Crippen LogP contribution in [0.4, 0.5) is 11.4 Å². The average Bonchev–Trinajstić information content (AvgIpc) is 2.76. The van der Waals surface area contributed by atoms with Crippen molar-refractivity contribution in [3.05, 3.63) is 47.2 Å². The van der Waals surface area contributed by atoms with Crippen molar-refractivity contribution >= 4 is 32.8 Å². The number of nitrogen functional groups attached to an aromatic ring is 1. The molecule has 3 aromatic rings. The summed E-state index contributed by atoms with van der Waals surface area (Å²) in [6.07, 6.45) is 1.94. The van der Waals surface area contributed by atoms with E-state index in [2.05, 4.69) is 50.1 Å². The van der Waals surface area contributed by atoms with E-state index in [-0.39, 0.29) is 0 Å². The first-order valence-electron chi connectivity index (χ1n) is 6.27. The van der Waals surface area contributed by atoms with Crippen LogP contribution in [0.3, 0.4) is 0 Å². The van der Waals surface area contributed by atoms with Gasteiger partial charge in [0.05, 0.1) is 5.52 Å². The van der Waals surface area contributed by atoms with E-state index in [1.54, 1.807) is 0 Å². The lowest BCUT2D eigenvalue weighted by Crippen LogP contribution is -2.08. The van der Waals surface area contributed by atoms with Crippen LogP contribution in [0.25, 0.3) is 16.9 Å². The van der Waals surface area contributed by atoms with Crippen LogP contribution in [0.5, 0.6) is 0 Å². The minimum atomic E-state index is 0.729. The van der Waals surface area contributed by atoms with E-state index in [1.165, 1.54) is 0 Å². The molecule has 0 unspecified atom stereocenters. The van der Waals surface area contributed by atoms with Crippen molar-refractivity contribution in [1.29, 1.82) is 0 Å². The zero-order valence-electron chi connectivity index (χ0n) is 11.3. The standard InChI is InChI=1S/C15H15BrN4/c1-19(2)12-5-3-10(4-6-12)15-18-14(16)13-9-11(17)7-8-20(13)15/h3-9H,17H2,1-2H3. The minimum absolute atomic E-state index is 0.729. The molecule has 0 amide bonds. The van der Waals surface area contributed by atoms with E-state index in [0.717, 1.165) is 32.9 Å². The smallest absolute Gasteiger partial charge is 0.145 e. The normalized spacial score (nSPS) is 10.9. The number of fused-ring (bicyclic) bond motifs is 1. The van der Waals surface area contributed by atoms with Gasteiger partial charge in [0.15, 0.2) is 0 Å². The molecule has 2 heterocycles. The maximum Gasteiger partial charge on any atom is 0.145 e. The van der Waals surface area contributed by atoms with Gasteiger partial charge in [-0.05, 0) is 52.3 Å². The molecular weight excluding hydrogens is 316 g/mol. The number of aromatic nitrogens is 2. The van der Waals surface area contributed by atoms with Crippen molar-refractivity contribution in [2.75, 3.05) is 24.7 Å². The predicted octanol–water partition coefficient (Wildman–Crippen LogP) is 3.41. The molecule has 102 valence electrons. The number of benzene rings is 1. The Bertz CT molecular complexity index is 759. The van der Waals surface area contributed by atoms with Crippen molar-refractivity contribution in [3.8, 4) is 11.4 Å². The van der Waals surface area contributed by atoms with Gasteiger partial charge < -0.3 is 10.6 Å². The predicted molar refractivity (Wildman–Crippen MR) is 87.1 cm³/mol. The molecule has 2 aromatic heterocycles. The molecule has 0 aliphatic heterocycles. The second-order valence-electron chi connectivity index (χ2n) is 4.88. The monoisotopic (exact) mass is 330 g/mol. The van der Waals surface area contributed by atoms with Crippen LogP contribution in [-0.4, -0.2) is 23.5 Å². The number of nitrogens with zero attached hydrogens (tertiary/aromatic N) is 3.